The number of hydrogen-bond donors (Lipinski definition) is 1. The number of nitrogens with one attached hydrogen (secondary N) is 1. The highest BCUT2D eigenvalue weighted by molar-refractivity contribution is 7.98. The number of rotatable bonds is 9. The first kappa shape index (κ1) is 20.8. The van der Waals surface area contributed by atoms with Crippen LogP contribution in [0.2, 0.25) is 0 Å². The minimum Gasteiger partial charge on any atom is -0.488 e. The molecule has 27 heavy (non-hydrogen) atoms. The summed E-state index contributed by atoms with van der Waals surface area (Å²) in [5.74, 6) is 1.76. The molecule has 4 atom stereocenters. The Morgan fingerprint density at radius 1 is 1.19 bits per heavy atom. The number of fused-ring (bicyclic) bond motifs is 1. The molecule has 0 radical (unpaired) electrons. The van der Waals surface area contributed by atoms with Crippen LogP contribution < -0.4 is 9.46 Å². The molecule has 0 bridgehead atoms. The van der Waals surface area contributed by atoms with Gasteiger partial charge in [0.05, 0.1) is 6.10 Å². The molecule has 6 heteroatoms. The van der Waals surface area contributed by atoms with E-state index >= 15 is 0 Å². The summed E-state index contributed by atoms with van der Waals surface area (Å²) in [5, 5.41) is 0. The van der Waals surface area contributed by atoms with Crippen molar-refractivity contribution in [2.75, 3.05) is 38.5 Å². The van der Waals surface area contributed by atoms with Gasteiger partial charge in [-0.3, -0.25) is 0 Å². The summed E-state index contributed by atoms with van der Waals surface area (Å²) in [6.07, 6.45) is 4.76. The average Bonchev–Trinajstić information content (AvgIpc) is 3.09. The molecule has 0 spiro atoms. The number of benzene rings is 1. The maximum absolute atomic E-state index is 6.23. The van der Waals surface area contributed by atoms with E-state index in [-0.39, 0.29) is 12.2 Å². The Balaban J connectivity index is 1.56. The van der Waals surface area contributed by atoms with E-state index in [1.165, 1.54) is 32.5 Å². The third kappa shape index (κ3) is 5.31. The lowest BCUT2D eigenvalue weighted by molar-refractivity contribution is -0.00149. The Morgan fingerprint density at radius 2 is 1.96 bits per heavy atom. The molecule has 1 N–H and O–H groups in total. The summed E-state index contributed by atoms with van der Waals surface area (Å²) in [4.78, 5) is 2.46. The summed E-state index contributed by atoms with van der Waals surface area (Å²) >= 11 is 1.75. The minimum absolute atomic E-state index is 0.0834. The van der Waals surface area contributed by atoms with Crippen molar-refractivity contribution in [1.29, 1.82) is 0 Å². The quantitative estimate of drug-likeness (QED) is 0.632. The van der Waals surface area contributed by atoms with Gasteiger partial charge in [0.2, 0.25) is 0 Å². The molecule has 152 valence electrons. The average molecular weight is 394 g/mol. The Labute approximate surface area is 169 Å². The molecular formula is C21H35N3O2S. The van der Waals surface area contributed by atoms with Gasteiger partial charge in [-0.05, 0) is 57.3 Å². The Bertz CT molecular complexity index is 584. The molecule has 1 aromatic rings. The van der Waals surface area contributed by atoms with Crippen molar-refractivity contribution >= 4 is 17.8 Å². The zero-order valence-corrected chi connectivity index (χ0v) is 18.0. The fourth-order valence-electron chi connectivity index (χ4n) is 4.30. The third-order valence-electron chi connectivity index (χ3n) is 5.94. The van der Waals surface area contributed by atoms with Crippen molar-refractivity contribution in [3.8, 4) is 5.75 Å². The van der Waals surface area contributed by atoms with Crippen LogP contribution in [0.5, 0.6) is 5.75 Å². The summed E-state index contributed by atoms with van der Waals surface area (Å²) in [6.45, 7) is 7.87. The molecule has 0 amide bonds. The fourth-order valence-corrected chi connectivity index (χ4v) is 5.22. The van der Waals surface area contributed by atoms with Crippen molar-refractivity contribution in [3.63, 3.8) is 0 Å². The highest BCUT2D eigenvalue weighted by atomic mass is 32.2. The lowest BCUT2D eigenvalue weighted by Crippen LogP contribution is -2.44. The molecule has 2 saturated heterocycles. The van der Waals surface area contributed by atoms with Crippen LogP contribution >= 0.6 is 12.1 Å². The van der Waals surface area contributed by atoms with E-state index in [2.05, 4.69) is 53.0 Å². The van der Waals surface area contributed by atoms with E-state index in [0.29, 0.717) is 6.04 Å². The first-order valence-corrected chi connectivity index (χ1v) is 11.1. The number of nitrogens with zero attached hydrogens (tertiary/aromatic N) is 2. The maximum atomic E-state index is 6.23. The second kappa shape index (κ2) is 10.0. The number of likely N-dealkylation sites (N-methyl/N-ethyl adjacent to an activating group) is 1. The van der Waals surface area contributed by atoms with E-state index in [1.807, 2.05) is 6.07 Å². The normalized spacial score (nSPS) is 25.8. The van der Waals surface area contributed by atoms with Crippen LogP contribution in [-0.2, 0) is 4.74 Å². The minimum atomic E-state index is 0.0834. The summed E-state index contributed by atoms with van der Waals surface area (Å²) in [5.41, 5.74) is 1.09. The molecule has 2 aliphatic heterocycles. The van der Waals surface area contributed by atoms with Gasteiger partial charge in [-0.2, -0.15) is 0 Å². The molecule has 2 fully saturated rings. The van der Waals surface area contributed by atoms with Crippen LogP contribution in [-0.4, -0.2) is 61.2 Å². The van der Waals surface area contributed by atoms with Gasteiger partial charge in [-0.1, -0.05) is 19.9 Å². The molecule has 4 unspecified atom stereocenters. The second-order valence-electron chi connectivity index (χ2n) is 7.78. The second-order valence-corrected chi connectivity index (χ2v) is 8.63. The Hall–Kier alpha value is -0.950. The largest absolute Gasteiger partial charge is 0.488 e. The predicted octanol–water partition coefficient (Wildman–Crippen LogP) is 4.27. The molecule has 0 aliphatic carbocycles. The van der Waals surface area contributed by atoms with Crippen molar-refractivity contribution < 1.29 is 9.47 Å². The first-order chi connectivity index (χ1) is 13.1. The topological polar surface area (TPSA) is 37.0 Å². The molecule has 0 aromatic heterocycles. The van der Waals surface area contributed by atoms with Crippen LogP contribution in [0.1, 0.15) is 39.5 Å². The van der Waals surface area contributed by atoms with Crippen LogP contribution in [0.4, 0.5) is 5.69 Å². The van der Waals surface area contributed by atoms with Crippen molar-refractivity contribution in [2.45, 2.75) is 57.8 Å². The fraction of sp³-hybridized carbons (Fsp3) is 0.714. The van der Waals surface area contributed by atoms with Gasteiger partial charge in [0.1, 0.15) is 11.9 Å². The predicted molar refractivity (Wildman–Crippen MR) is 114 cm³/mol. The number of methoxy groups -OCH3 is 1. The maximum Gasteiger partial charge on any atom is 0.124 e. The summed E-state index contributed by atoms with van der Waals surface area (Å²) in [6, 6.07) is 8.95. The molecule has 5 nitrogen and oxygen atoms in total. The highest BCUT2D eigenvalue weighted by Gasteiger charge is 2.37. The zero-order valence-electron chi connectivity index (χ0n) is 17.2. The molecule has 3 rings (SSSR count). The van der Waals surface area contributed by atoms with E-state index in [1.54, 1.807) is 19.2 Å². The molecule has 2 aliphatic rings. The van der Waals surface area contributed by atoms with Crippen molar-refractivity contribution in [3.05, 3.63) is 24.3 Å². The number of anilines is 1. The highest BCUT2D eigenvalue weighted by Crippen LogP contribution is 2.36. The first-order valence-electron chi connectivity index (χ1n) is 10.3. The van der Waals surface area contributed by atoms with E-state index in [0.717, 1.165) is 30.2 Å². The molecule has 2 heterocycles. The van der Waals surface area contributed by atoms with Gasteiger partial charge in [-0.25, -0.2) is 4.31 Å². The number of piperidine rings is 1. The molecule has 0 saturated carbocycles. The Morgan fingerprint density at radius 3 is 2.70 bits per heavy atom. The van der Waals surface area contributed by atoms with Gasteiger partial charge >= 0.3 is 0 Å². The molecular weight excluding hydrogens is 358 g/mol. The lowest BCUT2D eigenvalue weighted by atomic mass is 9.93. The Kier molecular flexibility index (Phi) is 7.70. The van der Waals surface area contributed by atoms with Gasteiger partial charge in [-0.15, -0.1) is 0 Å². The van der Waals surface area contributed by atoms with Gasteiger partial charge in [0.15, 0.2) is 0 Å². The number of ether oxygens (including phenoxy) is 2. The van der Waals surface area contributed by atoms with E-state index in [9.17, 15) is 0 Å². The van der Waals surface area contributed by atoms with Crippen molar-refractivity contribution in [1.82, 2.24) is 9.21 Å². The smallest absolute Gasteiger partial charge is 0.124 e. The van der Waals surface area contributed by atoms with Gasteiger partial charge < -0.3 is 19.1 Å². The third-order valence-corrected chi connectivity index (χ3v) is 6.95. The van der Waals surface area contributed by atoms with Crippen LogP contribution in [0.15, 0.2) is 24.3 Å². The number of likely N-dealkylation sites (tertiary alicyclic amines) is 1. The van der Waals surface area contributed by atoms with Gasteiger partial charge in [0, 0.05) is 50.1 Å². The standard InChI is InChI=1S/C21H35N3O2S/c1-5-20(25-4)21(6-2)26-18-9-7-8-17(14-18)22-27-24-13-11-16-10-12-23(3)15-19(16)24/h7-9,14,16,19-22H,5-6,10-13,15H2,1-4H3. The number of hydrogen-bond acceptors (Lipinski definition) is 6. The van der Waals surface area contributed by atoms with Gasteiger partial charge in [0.25, 0.3) is 0 Å². The summed E-state index contributed by atoms with van der Waals surface area (Å²) in [7, 11) is 4.00. The monoisotopic (exact) mass is 393 g/mol. The van der Waals surface area contributed by atoms with E-state index < -0.39 is 0 Å². The van der Waals surface area contributed by atoms with Crippen molar-refractivity contribution in [2.24, 2.45) is 5.92 Å². The zero-order chi connectivity index (χ0) is 19.2. The van der Waals surface area contributed by atoms with Crippen LogP contribution in [0.3, 0.4) is 0 Å². The van der Waals surface area contributed by atoms with Crippen LogP contribution in [0.25, 0.3) is 0 Å². The SMILES string of the molecule is CCC(OC)C(CC)Oc1cccc(NSN2CCC3CCN(C)CC32)c1. The lowest BCUT2D eigenvalue weighted by Gasteiger charge is -2.35. The molecule has 1 aromatic carbocycles. The van der Waals surface area contributed by atoms with E-state index in [4.69, 9.17) is 9.47 Å². The van der Waals surface area contributed by atoms with Crippen LogP contribution in [0, 0.1) is 5.92 Å². The summed E-state index contributed by atoms with van der Waals surface area (Å²) < 4.78 is 17.9.